The molecule has 17 heavy (non-hydrogen) atoms. The van der Waals surface area contributed by atoms with E-state index in [-0.39, 0.29) is 5.02 Å². The zero-order chi connectivity index (χ0) is 12.5. The molecule has 1 atom stereocenters. The van der Waals surface area contributed by atoms with Crippen LogP contribution in [0.2, 0.25) is 5.02 Å². The first kappa shape index (κ1) is 12.8. The summed E-state index contributed by atoms with van der Waals surface area (Å²) in [6, 6.07) is 4.61. The Labute approximate surface area is 105 Å². The molecule has 0 radical (unpaired) electrons. The maximum absolute atomic E-state index is 13.3. The molecular formula is C13H16ClFO2. The predicted molar refractivity (Wildman–Crippen MR) is 64.7 cm³/mol. The molecule has 0 bridgehead atoms. The van der Waals surface area contributed by atoms with E-state index in [0.717, 1.165) is 24.8 Å². The standard InChI is InChI=1S/C13H16ClFO2/c1-17-13(5-2-6-13)12(16)8-9-3-4-10(14)11(15)7-9/h3-4,7,12,16H,2,5-6,8H2,1H3. The minimum Gasteiger partial charge on any atom is -0.390 e. The van der Waals surface area contributed by atoms with E-state index in [9.17, 15) is 9.50 Å². The highest BCUT2D eigenvalue weighted by Gasteiger charge is 2.43. The van der Waals surface area contributed by atoms with Crippen molar-refractivity contribution in [3.63, 3.8) is 0 Å². The Morgan fingerprint density at radius 1 is 1.53 bits per heavy atom. The molecule has 1 unspecified atom stereocenters. The van der Waals surface area contributed by atoms with E-state index in [1.807, 2.05) is 0 Å². The SMILES string of the molecule is COC1(C(O)Cc2ccc(Cl)c(F)c2)CCC1. The Morgan fingerprint density at radius 2 is 2.24 bits per heavy atom. The van der Waals surface area contributed by atoms with Crippen LogP contribution in [-0.2, 0) is 11.2 Å². The minimum absolute atomic E-state index is 0.105. The smallest absolute Gasteiger partial charge is 0.142 e. The van der Waals surface area contributed by atoms with Gasteiger partial charge in [-0.2, -0.15) is 0 Å². The molecule has 4 heteroatoms. The quantitative estimate of drug-likeness (QED) is 0.900. The number of hydrogen-bond acceptors (Lipinski definition) is 2. The molecule has 2 nitrogen and oxygen atoms in total. The second-order valence-corrected chi connectivity index (χ2v) is 5.00. The lowest BCUT2D eigenvalue weighted by Gasteiger charge is -2.44. The van der Waals surface area contributed by atoms with Gasteiger partial charge in [0.15, 0.2) is 0 Å². The number of ether oxygens (including phenoxy) is 1. The summed E-state index contributed by atoms with van der Waals surface area (Å²) in [5.74, 6) is -0.448. The van der Waals surface area contributed by atoms with Crippen LogP contribution in [0.15, 0.2) is 18.2 Å². The van der Waals surface area contributed by atoms with Gasteiger partial charge in [-0.15, -0.1) is 0 Å². The van der Waals surface area contributed by atoms with Crippen LogP contribution in [0.4, 0.5) is 4.39 Å². The average Bonchev–Trinajstić information content (AvgIpc) is 2.23. The van der Waals surface area contributed by atoms with E-state index in [0.29, 0.717) is 6.42 Å². The summed E-state index contributed by atoms with van der Waals surface area (Å²) >= 11 is 5.61. The number of benzene rings is 1. The molecule has 1 saturated carbocycles. The lowest BCUT2D eigenvalue weighted by Crippen LogP contribution is -2.50. The van der Waals surface area contributed by atoms with Gasteiger partial charge >= 0.3 is 0 Å². The van der Waals surface area contributed by atoms with Crippen LogP contribution in [0.25, 0.3) is 0 Å². The highest BCUT2D eigenvalue weighted by atomic mass is 35.5. The number of aliphatic hydroxyl groups is 1. The van der Waals surface area contributed by atoms with E-state index >= 15 is 0 Å². The number of aliphatic hydroxyl groups excluding tert-OH is 1. The third-order valence-corrected chi connectivity index (χ3v) is 3.93. The fourth-order valence-corrected chi connectivity index (χ4v) is 2.39. The van der Waals surface area contributed by atoms with Crippen molar-refractivity contribution >= 4 is 11.6 Å². The summed E-state index contributed by atoms with van der Waals surface area (Å²) in [6.07, 6.45) is 2.59. The van der Waals surface area contributed by atoms with E-state index in [1.165, 1.54) is 12.1 Å². The Bertz CT molecular complexity index is 399. The molecule has 2 rings (SSSR count). The van der Waals surface area contributed by atoms with E-state index in [1.54, 1.807) is 13.2 Å². The topological polar surface area (TPSA) is 29.5 Å². The number of halogens is 2. The average molecular weight is 259 g/mol. The van der Waals surface area contributed by atoms with Gasteiger partial charge in [-0.05, 0) is 37.0 Å². The summed E-state index contributed by atoms with van der Waals surface area (Å²) in [6.45, 7) is 0. The minimum atomic E-state index is -0.596. The summed E-state index contributed by atoms with van der Waals surface area (Å²) in [7, 11) is 1.62. The van der Waals surface area contributed by atoms with Crippen molar-refractivity contribution in [2.75, 3.05) is 7.11 Å². The zero-order valence-corrected chi connectivity index (χ0v) is 10.5. The summed E-state index contributed by atoms with van der Waals surface area (Å²) in [4.78, 5) is 0. The van der Waals surface area contributed by atoms with Gasteiger partial charge in [-0.25, -0.2) is 4.39 Å². The molecule has 1 aliphatic carbocycles. The van der Waals surface area contributed by atoms with Crippen molar-refractivity contribution < 1.29 is 14.2 Å². The molecule has 0 aromatic heterocycles. The fourth-order valence-electron chi connectivity index (χ4n) is 2.27. The van der Waals surface area contributed by atoms with Crippen molar-refractivity contribution in [2.45, 2.75) is 37.4 Å². The van der Waals surface area contributed by atoms with Gasteiger partial charge in [0.1, 0.15) is 5.82 Å². The van der Waals surface area contributed by atoms with Crippen molar-refractivity contribution in [3.8, 4) is 0 Å². The molecule has 0 amide bonds. The first-order valence-electron chi connectivity index (χ1n) is 5.74. The van der Waals surface area contributed by atoms with Crippen LogP contribution >= 0.6 is 11.6 Å². The van der Waals surface area contributed by atoms with Crippen molar-refractivity contribution in [2.24, 2.45) is 0 Å². The first-order chi connectivity index (χ1) is 8.07. The second-order valence-electron chi connectivity index (χ2n) is 4.59. The van der Waals surface area contributed by atoms with Crippen LogP contribution in [0.1, 0.15) is 24.8 Å². The van der Waals surface area contributed by atoms with E-state index in [2.05, 4.69) is 0 Å². The fraction of sp³-hybridized carbons (Fsp3) is 0.538. The molecular weight excluding hydrogens is 243 g/mol. The number of rotatable bonds is 4. The third-order valence-electron chi connectivity index (χ3n) is 3.63. The molecule has 0 spiro atoms. The highest BCUT2D eigenvalue weighted by molar-refractivity contribution is 6.30. The lowest BCUT2D eigenvalue weighted by molar-refractivity contribution is -0.148. The normalized spacial score (nSPS) is 19.8. The Morgan fingerprint density at radius 3 is 2.71 bits per heavy atom. The predicted octanol–water partition coefficient (Wildman–Crippen LogP) is 2.95. The van der Waals surface area contributed by atoms with Crippen LogP contribution in [0.5, 0.6) is 0 Å². The molecule has 0 heterocycles. The molecule has 0 aliphatic heterocycles. The van der Waals surface area contributed by atoms with Crippen LogP contribution in [0.3, 0.4) is 0 Å². The van der Waals surface area contributed by atoms with Gasteiger partial charge < -0.3 is 9.84 Å². The van der Waals surface area contributed by atoms with E-state index in [4.69, 9.17) is 16.3 Å². The Hall–Kier alpha value is -0.640. The molecule has 94 valence electrons. The van der Waals surface area contributed by atoms with Crippen LogP contribution in [-0.4, -0.2) is 23.9 Å². The van der Waals surface area contributed by atoms with Gasteiger partial charge in [0, 0.05) is 13.5 Å². The highest BCUT2D eigenvalue weighted by Crippen LogP contribution is 2.39. The van der Waals surface area contributed by atoms with Crippen molar-refractivity contribution in [3.05, 3.63) is 34.6 Å². The molecule has 0 saturated heterocycles. The summed E-state index contributed by atoms with van der Waals surface area (Å²) < 4.78 is 18.7. The van der Waals surface area contributed by atoms with Crippen LogP contribution < -0.4 is 0 Å². The second kappa shape index (κ2) is 4.92. The first-order valence-corrected chi connectivity index (χ1v) is 6.12. The maximum Gasteiger partial charge on any atom is 0.142 e. The summed E-state index contributed by atoms with van der Waals surface area (Å²) in [5.41, 5.74) is 0.304. The van der Waals surface area contributed by atoms with Gasteiger partial charge in [-0.3, -0.25) is 0 Å². The zero-order valence-electron chi connectivity index (χ0n) is 9.75. The monoisotopic (exact) mass is 258 g/mol. The van der Waals surface area contributed by atoms with Gasteiger partial charge in [0.25, 0.3) is 0 Å². The third kappa shape index (κ3) is 2.46. The van der Waals surface area contributed by atoms with Crippen molar-refractivity contribution in [1.82, 2.24) is 0 Å². The molecule has 1 aliphatic rings. The number of hydrogen-bond donors (Lipinski definition) is 1. The number of methoxy groups -OCH3 is 1. The van der Waals surface area contributed by atoms with Gasteiger partial charge in [-0.1, -0.05) is 17.7 Å². The Balaban J connectivity index is 2.07. The Kier molecular flexibility index (Phi) is 3.71. The molecule has 1 fully saturated rings. The van der Waals surface area contributed by atoms with E-state index < -0.39 is 17.5 Å². The van der Waals surface area contributed by atoms with Crippen LogP contribution in [0, 0.1) is 5.82 Å². The maximum atomic E-state index is 13.3. The van der Waals surface area contributed by atoms with Gasteiger partial charge in [0.2, 0.25) is 0 Å². The largest absolute Gasteiger partial charge is 0.390 e. The van der Waals surface area contributed by atoms with Gasteiger partial charge in [0.05, 0.1) is 16.7 Å². The molecule has 1 N–H and O–H groups in total. The lowest BCUT2D eigenvalue weighted by atomic mass is 9.74. The summed E-state index contributed by atoms with van der Waals surface area (Å²) in [5, 5.41) is 10.3. The van der Waals surface area contributed by atoms with Crippen molar-refractivity contribution in [1.29, 1.82) is 0 Å². The molecule has 1 aromatic carbocycles. The molecule has 1 aromatic rings.